The van der Waals surface area contributed by atoms with E-state index in [2.05, 4.69) is 151 Å². The monoisotopic (exact) mass is 598 g/mol. The topological polar surface area (TPSA) is 0 Å². The molecular formula is C39H40Zr. The third-order valence-electron chi connectivity index (χ3n) is 8.72. The van der Waals surface area contributed by atoms with Crippen LogP contribution in [0.3, 0.4) is 0 Å². The second kappa shape index (κ2) is 10.8. The Kier molecular flexibility index (Phi) is 7.39. The second-order valence-corrected chi connectivity index (χ2v) is 18.7. The first-order valence-electron chi connectivity index (χ1n) is 14.8. The second-order valence-electron chi connectivity index (χ2n) is 12.6. The molecule has 0 nitrogen and oxygen atoms in total. The van der Waals surface area contributed by atoms with E-state index in [-0.39, 0.29) is 5.41 Å². The Morgan fingerprint density at radius 2 is 1.20 bits per heavy atom. The number of rotatable bonds is 5. The van der Waals surface area contributed by atoms with Crippen LogP contribution >= 0.6 is 0 Å². The zero-order valence-corrected chi connectivity index (χ0v) is 27.2. The normalized spacial score (nSPS) is 16.3. The van der Waals surface area contributed by atoms with Crippen LogP contribution in [0.2, 0.25) is 0 Å². The molecule has 0 aromatic heterocycles. The fourth-order valence-corrected chi connectivity index (χ4v) is 16.4. The number of aryl methyl sites for hydroxylation is 2. The van der Waals surface area contributed by atoms with Gasteiger partial charge in [0.1, 0.15) is 0 Å². The molecule has 0 aliphatic heterocycles. The van der Waals surface area contributed by atoms with Crippen molar-refractivity contribution < 1.29 is 21.3 Å². The third-order valence-corrected chi connectivity index (χ3v) is 17.2. The van der Waals surface area contributed by atoms with E-state index in [1.54, 1.807) is 17.6 Å². The van der Waals surface area contributed by atoms with Crippen LogP contribution in [-0.4, -0.2) is 3.21 Å². The van der Waals surface area contributed by atoms with Gasteiger partial charge in [0.25, 0.3) is 0 Å². The van der Waals surface area contributed by atoms with Crippen LogP contribution in [-0.2, 0) is 21.3 Å². The van der Waals surface area contributed by atoms with Crippen molar-refractivity contribution in [1.29, 1.82) is 0 Å². The summed E-state index contributed by atoms with van der Waals surface area (Å²) < 4.78 is 3.82. The summed E-state index contributed by atoms with van der Waals surface area (Å²) in [5, 5.41) is 0. The van der Waals surface area contributed by atoms with Gasteiger partial charge in [-0.25, -0.2) is 0 Å². The molecule has 0 N–H and O–H groups in total. The van der Waals surface area contributed by atoms with Gasteiger partial charge in [-0.15, -0.1) is 0 Å². The van der Waals surface area contributed by atoms with E-state index in [0.717, 1.165) is 6.42 Å². The van der Waals surface area contributed by atoms with Gasteiger partial charge >= 0.3 is 250 Å². The first-order valence-corrected chi connectivity index (χ1v) is 18.6. The van der Waals surface area contributed by atoms with Crippen LogP contribution in [0, 0.1) is 25.2 Å². The average Bonchev–Trinajstić information content (AvgIpc) is 3.52. The SMILES string of the molecule is CCC1C=C(C(C)(C)C)C=[C]1[Zr](=[C](c1ccccc1)c1ccccc1)[CH]1c2cc(C)ccc2-c2ccc(C)cc21. The van der Waals surface area contributed by atoms with Crippen LogP contribution < -0.4 is 0 Å². The van der Waals surface area contributed by atoms with E-state index in [4.69, 9.17) is 0 Å². The van der Waals surface area contributed by atoms with Crippen LogP contribution in [0.1, 0.15) is 71.1 Å². The molecule has 0 amide bonds. The Bertz CT molecular complexity index is 1570. The molecule has 0 fully saturated rings. The fraction of sp³-hybridized carbons (Fsp3) is 0.256. The Morgan fingerprint density at radius 1 is 0.700 bits per heavy atom. The molecule has 0 heterocycles. The van der Waals surface area contributed by atoms with Crippen molar-refractivity contribution >= 4 is 3.21 Å². The molecular weight excluding hydrogens is 560 g/mol. The maximum absolute atomic E-state index is 2.75. The van der Waals surface area contributed by atoms with E-state index in [9.17, 15) is 0 Å². The summed E-state index contributed by atoms with van der Waals surface area (Å²) in [6, 6.07) is 37.1. The van der Waals surface area contributed by atoms with Crippen molar-refractivity contribution in [3.05, 3.63) is 151 Å². The van der Waals surface area contributed by atoms with E-state index < -0.39 is 21.3 Å². The number of fused-ring (bicyclic) bond motifs is 3. The predicted molar refractivity (Wildman–Crippen MR) is 169 cm³/mol. The van der Waals surface area contributed by atoms with Crippen molar-refractivity contribution in [3.63, 3.8) is 0 Å². The molecule has 0 radical (unpaired) electrons. The molecule has 0 saturated carbocycles. The van der Waals surface area contributed by atoms with Gasteiger partial charge in [-0.2, -0.15) is 0 Å². The van der Waals surface area contributed by atoms with Crippen LogP contribution in [0.5, 0.6) is 0 Å². The molecule has 2 aliphatic carbocycles. The van der Waals surface area contributed by atoms with Crippen molar-refractivity contribution in [1.82, 2.24) is 0 Å². The summed E-state index contributed by atoms with van der Waals surface area (Å²) in [5.41, 5.74) is 13.2. The zero-order valence-electron chi connectivity index (χ0n) is 24.8. The standard InChI is InChI=1S/C15H13.C13H10.C11H17.Zr/c1-10-3-5-14-12(7-10)9-13-8-11(2)4-6-15(13)14;1-3-7-12(8-4-1)11-13-9-5-2-6-10-13;1-5-9-6-7-10(8-9)11(2,3)4;/h3-9H,1-2H3;1-10H;7-9H,5H2,1-4H3;. The quantitative estimate of drug-likeness (QED) is 0.214. The molecule has 6 rings (SSSR count). The Hall–Kier alpha value is -2.89. The molecule has 4 aromatic rings. The summed E-state index contributed by atoms with van der Waals surface area (Å²) in [6.45, 7) is 14.0. The molecule has 2 aliphatic rings. The van der Waals surface area contributed by atoms with Gasteiger partial charge in [0.05, 0.1) is 0 Å². The van der Waals surface area contributed by atoms with Crippen LogP contribution in [0.15, 0.2) is 118 Å². The first kappa shape index (κ1) is 27.3. The molecule has 0 spiro atoms. The van der Waals surface area contributed by atoms with Gasteiger partial charge in [0, 0.05) is 0 Å². The Labute approximate surface area is 248 Å². The minimum absolute atomic E-state index is 0.141. The first-order chi connectivity index (χ1) is 19.3. The molecule has 0 bridgehead atoms. The fourth-order valence-electron chi connectivity index (χ4n) is 6.66. The van der Waals surface area contributed by atoms with Gasteiger partial charge in [-0.3, -0.25) is 0 Å². The Balaban J connectivity index is 1.76. The summed E-state index contributed by atoms with van der Waals surface area (Å²) >= 11 is -2.75. The molecule has 40 heavy (non-hydrogen) atoms. The van der Waals surface area contributed by atoms with Crippen molar-refractivity contribution in [2.75, 3.05) is 0 Å². The van der Waals surface area contributed by atoms with E-state index in [1.165, 1.54) is 39.0 Å². The van der Waals surface area contributed by atoms with Crippen molar-refractivity contribution in [3.8, 4) is 11.1 Å². The zero-order chi connectivity index (χ0) is 28.0. The molecule has 0 saturated heterocycles. The summed E-state index contributed by atoms with van der Waals surface area (Å²) in [7, 11) is 0. The average molecular weight is 600 g/mol. The third kappa shape index (κ3) is 4.92. The van der Waals surface area contributed by atoms with Gasteiger partial charge < -0.3 is 0 Å². The van der Waals surface area contributed by atoms with Gasteiger partial charge in [0.2, 0.25) is 0 Å². The van der Waals surface area contributed by atoms with E-state index >= 15 is 0 Å². The van der Waals surface area contributed by atoms with Gasteiger partial charge in [-0.1, -0.05) is 0 Å². The maximum atomic E-state index is 2.66. The molecule has 1 unspecified atom stereocenters. The van der Waals surface area contributed by atoms with Gasteiger partial charge in [0.15, 0.2) is 0 Å². The molecule has 1 atom stereocenters. The number of hydrogen-bond donors (Lipinski definition) is 0. The number of hydrogen-bond acceptors (Lipinski definition) is 0. The summed E-state index contributed by atoms with van der Waals surface area (Å²) in [6.07, 6.45) is 6.44. The van der Waals surface area contributed by atoms with Crippen molar-refractivity contribution in [2.24, 2.45) is 11.3 Å². The van der Waals surface area contributed by atoms with E-state index in [1.807, 2.05) is 0 Å². The minimum atomic E-state index is -2.75. The van der Waals surface area contributed by atoms with Gasteiger partial charge in [-0.05, 0) is 0 Å². The summed E-state index contributed by atoms with van der Waals surface area (Å²) in [4.78, 5) is 0. The Morgan fingerprint density at radius 3 is 1.65 bits per heavy atom. The van der Waals surface area contributed by atoms with Crippen LogP contribution in [0.25, 0.3) is 11.1 Å². The number of allylic oxidation sites excluding steroid dienone is 4. The van der Waals surface area contributed by atoms with E-state index in [0.29, 0.717) is 9.54 Å². The predicted octanol–water partition coefficient (Wildman–Crippen LogP) is 10.2. The molecule has 1 heteroatoms. The molecule has 200 valence electrons. The van der Waals surface area contributed by atoms with Crippen LogP contribution in [0.4, 0.5) is 0 Å². The molecule has 4 aromatic carbocycles. The summed E-state index contributed by atoms with van der Waals surface area (Å²) in [5.74, 6) is 0.508. The number of benzene rings is 4. The van der Waals surface area contributed by atoms with Crippen molar-refractivity contribution in [2.45, 2.75) is 51.6 Å².